The lowest BCUT2D eigenvalue weighted by atomic mass is 9.74. The van der Waals surface area contributed by atoms with Crippen LogP contribution in [0.15, 0.2) is 24.3 Å². The van der Waals surface area contributed by atoms with E-state index < -0.39 is 0 Å². The van der Waals surface area contributed by atoms with Crippen molar-refractivity contribution < 1.29 is 0 Å². The third kappa shape index (κ3) is 2.12. The van der Waals surface area contributed by atoms with E-state index in [-0.39, 0.29) is 7.43 Å². The Morgan fingerprint density at radius 2 is 1.69 bits per heavy atom. The minimum absolute atomic E-state index is 0. The molecule has 0 saturated carbocycles. The van der Waals surface area contributed by atoms with Gasteiger partial charge in [0.25, 0.3) is 0 Å². The number of fused-ring (bicyclic) bond motifs is 1. The fraction of sp³-hybridized carbons (Fsp3) is 0.538. The summed E-state index contributed by atoms with van der Waals surface area (Å²) in [7, 11) is 0. The van der Waals surface area contributed by atoms with Crippen LogP contribution in [0.4, 0.5) is 0 Å². The molecule has 2 rings (SSSR count). The Morgan fingerprint density at radius 3 is 2.38 bits per heavy atom. The Morgan fingerprint density at radius 1 is 1.08 bits per heavy atom. The summed E-state index contributed by atoms with van der Waals surface area (Å²) in [5.41, 5.74) is 3.65. The summed E-state index contributed by atoms with van der Waals surface area (Å²) >= 11 is 0. The zero-order valence-electron chi connectivity index (χ0n) is 7.93. The van der Waals surface area contributed by atoms with E-state index in [0.29, 0.717) is 5.41 Å². The first kappa shape index (κ1) is 10.3. The van der Waals surface area contributed by atoms with Gasteiger partial charge in [-0.3, -0.25) is 0 Å². The molecule has 0 spiro atoms. The van der Waals surface area contributed by atoms with Crippen LogP contribution in [0.25, 0.3) is 0 Å². The van der Waals surface area contributed by atoms with Crippen LogP contribution in [0.3, 0.4) is 0 Å². The molecule has 0 N–H and O–H groups in total. The number of benzene rings is 1. The Balaban J connectivity index is 0.000000845. The molecule has 0 aromatic heterocycles. The molecule has 13 heavy (non-hydrogen) atoms. The molecule has 1 aliphatic rings. The summed E-state index contributed by atoms with van der Waals surface area (Å²) in [4.78, 5) is 0. The Labute approximate surface area is 82.0 Å². The number of aryl methyl sites for hydroxylation is 1. The van der Waals surface area contributed by atoms with Crippen LogP contribution >= 0.6 is 0 Å². The van der Waals surface area contributed by atoms with Crippen LogP contribution in [0, 0.1) is 5.41 Å². The van der Waals surface area contributed by atoms with Crippen LogP contribution < -0.4 is 0 Å². The van der Waals surface area contributed by atoms with Crippen LogP contribution in [-0.2, 0) is 12.8 Å². The van der Waals surface area contributed by atoms with Crippen LogP contribution in [0.5, 0.6) is 0 Å². The van der Waals surface area contributed by atoms with Crippen LogP contribution in [0.2, 0.25) is 0 Å². The van der Waals surface area contributed by atoms with Crippen molar-refractivity contribution in [3.05, 3.63) is 35.4 Å². The molecule has 0 unspecified atom stereocenters. The molecular weight excluding hydrogens is 156 g/mol. The van der Waals surface area contributed by atoms with Gasteiger partial charge in [-0.2, -0.15) is 0 Å². The van der Waals surface area contributed by atoms with Crippen LogP contribution in [0.1, 0.15) is 38.8 Å². The van der Waals surface area contributed by atoms with E-state index in [0.717, 1.165) is 0 Å². The lowest BCUT2D eigenvalue weighted by Crippen LogP contribution is -2.21. The van der Waals surface area contributed by atoms with Gasteiger partial charge in [-0.1, -0.05) is 45.5 Å². The fourth-order valence-corrected chi connectivity index (χ4v) is 2.05. The standard InChI is InChI=1S/C12H16.CH4/c1-12(2)8-7-10-5-3-4-6-11(10)9-12;/h3-6H,7-9H2,1-2H3;1H4. The van der Waals surface area contributed by atoms with E-state index in [1.807, 2.05) is 0 Å². The molecule has 0 radical (unpaired) electrons. The van der Waals surface area contributed by atoms with E-state index in [9.17, 15) is 0 Å². The number of hydrogen-bond acceptors (Lipinski definition) is 0. The highest BCUT2D eigenvalue weighted by Gasteiger charge is 2.24. The molecule has 0 fully saturated rings. The summed E-state index contributed by atoms with van der Waals surface area (Å²) in [6.07, 6.45) is 3.86. The van der Waals surface area contributed by atoms with Crippen molar-refractivity contribution in [3.63, 3.8) is 0 Å². The molecule has 0 heteroatoms. The summed E-state index contributed by atoms with van der Waals surface area (Å²) in [5, 5.41) is 0. The Kier molecular flexibility index (Phi) is 2.80. The lowest BCUT2D eigenvalue weighted by Gasteiger charge is -2.31. The van der Waals surface area contributed by atoms with Gasteiger partial charge in [-0.05, 0) is 35.8 Å². The lowest BCUT2D eigenvalue weighted by molar-refractivity contribution is 0.315. The zero-order chi connectivity index (χ0) is 8.60. The molecule has 0 bridgehead atoms. The smallest absolute Gasteiger partial charge is 0.0224 e. The SMILES string of the molecule is C.CC1(C)CCc2ccccc2C1. The summed E-state index contributed by atoms with van der Waals surface area (Å²) < 4.78 is 0. The maximum atomic E-state index is 2.36. The van der Waals surface area contributed by atoms with Crippen molar-refractivity contribution in [2.75, 3.05) is 0 Å². The quantitative estimate of drug-likeness (QED) is 0.563. The average molecular weight is 176 g/mol. The molecular formula is C13H20. The van der Waals surface area contributed by atoms with Crippen molar-refractivity contribution in [1.82, 2.24) is 0 Å². The first-order chi connectivity index (χ1) is 5.67. The first-order valence-electron chi connectivity index (χ1n) is 4.74. The molecule has 1 aromatic carbocycles. The normalized spacial score (nSPS) is 18.6. The van der Waals surface area contributed by atoms with Gasteiger partial charge >= 0.3 is 0 Å². The first-order valence-corrected chi connectivity index (χ1v) is 4.74. The molecule has 72 valence electrons. The third-order valence-corrected chi connectivity index (χ3v) is 2.86. The Bertz CT molecular complexity index is 284. The fourth-order valence-electron chi connectivity index (χ4n) is 2.05. The van der Waals surface area contributed by atoms with Gasteiger partial charge in [0.2, 0.25) is 0 Å². The van der Waals surface area contributed by atoms with E-state index >= 15 is 0 Å². The van der Waals surface area contributed by atoms with E-state index in [4.69, 9.17) is 0 Å². The highest BCUT2D eigenvalue weighted by Crippen LogP contribution is 2.34. The molecule has 0 amide bonds. The molecule has 0 nitrogen and oxygen atoms in total. The molecule has 0 atom stereocenters. The van der Waals surface area contributed by atoms with Crippen LogP contribution in [-0.4, -0.2) is 0 Å². The second-order valence-electron chi connectivity index (χ2n) is 4.61. The predicted molar refractivity (Wildman–Crippen MR) is 59.0 cm³/mol. The summed E-state index contributed by atoms with van der Waals surface area (Å²) in [6, 6.07) is 8.85. The van der Waals surface area contributed by atoms with Crippen molar-refractivity contribution in [2.24, 2.45) is 5.41 Å². The van der Waals surface area contributed by atoms with Gasteiger partial charge in [-0.25, -0.2) is 0 Å². The van der Waals surface area contributed by atoms with Gasteiger partial charge in [0.05, 0.1) is 0 Å². The van der Waals surface area contributed by atoms with Gasteiger partial charge in [-0.15, -0.1) is 0 Å². The van der Waals surface area contributed by atoms with Crippen molar-refractivity contribution in [2.45, 2.75) is 40.5 Å². The van der Waals surface area contributed by atoms with Gasteiger partial charge in [0.15, 0.2) is 0 Å². The van der Waals surface area contributed by atoms with Gasteiger partial charge in [0.1, 0.15) is 0 Å². The maximum Gasteiger partial charge on any atom is -0.0224 e. The van der Waals surface area contributed by atoms with Gasteiger partial charge in [0, 0.05) is 0 Å². The molecule has 0 aliphatic heterocycles. The molecule has 0 saturated heterocycles. The minimum atomic E-state index is 0. The van der Waals surface area contributed by atoms with E-state index in [1.54, 1.807) is 11.1 Å². The monoisotopic (exact) mass is 176 g/mol. The second-order valence-corrected chi connectivity index (χ2v) is 4.61. The van der Waals surface area contributed by atoms with Crippen molar-refractivity contribution >= 4 is 0 Å². The van der Waals surface area contributed by atoms with E-state index in [2.05, 4.69) is 38.1 Å². The molecule has 1 aromatic rings. The highest BCUT2D eigenvalue weighted by molar-refractivity contribution is 5.30. The van der Waals surface area contributed by atoms with Crippen molar-refractivity contribution in [1.29, 1.82) is 0 Å². The average Bonchev–Trinajstić information content (AvgIpc) is 2.02. The predicted octanol–water partition coefficient (Wildman–Crippen LogP) is 3.84. The number of rotatable bonds is 0. The second kappa shape index (κ2) is 3.53. The zero-order valence-corrected chi connectivity index (χ0v) is 7.93. The molecule has 0 heterocycles. The van der Waals surface area contributed by atoms with E-state index in [1.165, 1.54) is 19.3 Å². The summed E-state index contributed by atoms with van der Waals surface area (Å²) in [5.74, 6) is 0. The largest absolute Gasteiger partial charge is 0.0776 e. The maximum absolute atomic E-state index is 2.36. The minimum Gasteiger partial charge on any atom is -0.0776 e. The van der Waals surface area contributed by atoms with Crippen molar-refractivity contribution in [3.8, 4) is 0 Å². The summed E-state index contributed by atoms with van der Waals surface area (Å²) in [6.45, 7) is 4.73. The Hall–Kier alpha value is -0.780. The number of hydrogen-bond donors (Lipinski definition) is 0. The highest BCUT2D eigenvalue weighted by atomic mass is 14.3. The third-order valence-electron chi connectivity index (χ3n) is 2.86. The van der Waals surface area contributed by atoms with Gasteiger partial charge < -0.3 is 0 Å². The molecule has 1 aliphatic carbocycles. The topological polar surface area (TPSA) is 0 Å².